The van der Waals surface area contributed by atoms with Crippen molar-refractivity contribution in [3.63, 3.8) is 0 Å². The molecule has 1 amide bonds. The predicted octanol–water partition coefficient (Wildman–Crippen LogP) is 3.79. The second-order valence-corrected chi connectivity index (χ2v) is 5.72. The molecule has 0 heterocycles. The maximum Gasteiger partial charge on any atom is 0.225 e. The van der Waals surface area contributed by atoms with Crippen molar-refractivity contribution in [2.24, 2.45) is 5.92 Å². The Hall–Kier alpha value is -1.16. The summed E-state index contributed by atoms with van der Waals surface area (Å²) in [5.74, 6) is 1.25. The second-order valence-electron chi connectivity index (χ2n) is 5.27. The molecule has 106 valence electrons. The number of hydrogen-bond acceptors (Lipinski definition) is 3. The Kier molecular flexibility index (Phi) is 6.78. The van der Waals surface area contributed by atoms with Crippen LogP contribution in [0.2, 0.25) is 0 Å². The molecule has 0 saturated carbocycles. The van der Waals surface area contributed by atoms with Gasteiger partial charge in [-0.1, -0.05) is 13.8 Å². The molecule has 1 aromatic rings. The number of nitrogens with one attached hydrogen (secondary N) is 2. The molecule has 0 aliphatic carbocycles. The summed E-state index contributed by atoms with van der Waals surface area (Å²) < 4.78 is 0. The highest BCUT2D eigenvalue weighted by molar-refractivity contribution is 7.80. The van der Waals surface area contributed by atoms with E-state index < -0.39 is 0 Å². The van der Waals surface area contributed by atoms with E-state index in [0.717, 1.165) is 17.8 Å². The van der Waals surface area contributed by atoms with Gasteiger partial charge in [0.2, 0.25) is 5.91 Å². The third-order valence-corrected chi connectivity index (χ3v) is 2.97. The van der Waals surface area contributed by atoms with Gasteiger partial charge in [0, 0.05) is 23.8 Å². The third-order valence-electron chi connectivity index (χ3n) is 2.75. The fraction of sp³-hybridized carbons (Fsp3) is 0.533. The zero-order chi connectivity index (χ0) is 14.3. The Bertz CT molecular complexity index is 390. The van der Waals surface area contributed by atoms with E-state index in [-0.39, 0.29) is 5.91 Å². The van der Waals surface area contributed by atoms with Gasteiger partial charge in [0.25, 0.3) is 0 Å². The molecule has 1 unspecified atom stereocenters. The maximum atomic E-state index is 11.4. The van der Waals surface area contributed by atoms with E-state index in [9.17, 15) is 4.79 Å². The normalized spacial score (nSPS) is 12.3. The van der Waals surface area contributed by atoms with Crippen LogP contribution in [0.25, 0.3) is 0 Å². The van der Waals surface area contributed by atoms with E-state index >= 15 is 0 Å². The molecule has 0 aliphatic rings. The summed E-state index contributed by atoms with van der Waals surface area (Å²) in [6, 6.07) is 8.27. The molecular formula is C15H24N2OS. The van der Waals surface area contributed by atoms with Crippen molar-refractivity contribution in [2.45, 2.75) is 39.7 Å². The predicted molar refractivity (Wildman–Crippen MR) is 86.1 cm³/mol. The van der Waals surface area contributed by atoms with Gasteiger partial charge >= 0.3 is 0 Å². The SMILES string of the molecule is CC(C)CC(C)Nc1ccc(NC(=O)CCS)cc1. The average molecular weight is 280 g/mol. The van der Waals surface area contributed by atoms with Crippen LogP contribution in [-0.4, -0.2) is 17.7 Å². The summed E-state index contributed by atoms with van der Waals surface area (Å²) >= 11 is 4.04. The zero-order valence-corrected chi connectivity index (χ0v) is 12.8. The topological polar surface area (TPSA) is 41.1 Å². The molecule has 0 bridgehead atoms. The molecule has 1 rings (SSSR count). The fourth-order valence-electron chi connectivity index (χ4n) is 2.03. The first-order valence-electron chi connectivity index (χ1n) is 6.78. The zero-order valence-electron chi connectivity index (χ0n) is 11.9. The lowest BCUT2D eigenvalue weighted by atomic mass is 10.1. The molecule has 2 N–H and O–H groups in total. The van der Waals surface area contributed by atoms with Gasteiger partial charge in [-0.3, -0.25) is 4.79 Å². The van der Waals surface area contributed by atoms with Crippen LogP contribution >= 0.6 is 12.6 Å². The lowest BCUT2D eigenvalue weighted by molar-refractivity contribution is -0.115. The highest BCUT2D eigenvalue weighted by Crippen LogP contribution is 2.16. The van der Waals surface area contributed by atoms with Crippen LogP contribution in [0.4, 0.5) is 11.4 Å². The van der Waals surface area contributed by atoms with Gasteiger partial charge < -0.3 is 10.6 Å². The molecule has 0 saturated heterocycles. The average Bonchev–Trinajstić information content (AvgIpc) is 2.31. The fourth-order valence-corrected chi connectivity index (χ4v) is 2.23. The van der Waals surface area contributed by atoms with Gasteiger partial charge in [0.15, 0.2) is 0 Å². The Labute approximate surface area is 121 Å². The van der Waals surface area contributed by atoms with Gasteiger partial charge in [0.1, 0.15) is 0 Å². The molecule has 1 atom stereocenters. The molecule has 0 spiro atoms. The number of anilines is 2. The number of rotatable bonds is 7. The number of amides is 1. The van der Waals surface area contributed by atoms with Crippen molar-refractivity contribution < 1.29 is 4.79 Å². The van der Waals surface area contributed by atoms with Gasteiger partial charge in [-0.2, -0.15) is 12.6 Å². The van der Waals surface area contributed by atoms with E-state index in [0.29, 0.717) is 24.1 Å². The van der Waals surface area contributed by atoms with Gasteiger partial charge in [0.05, 0.1) is 0 Å². The van der Waals surface area contributed by atoms with E-state index in [4.69, 9.17) is 0 Å². The monoisotopic (exact) mass is 280 g/mol. The first-order valence-corrected chi connectivity index (χ1v) is 7.41. The molecule has 0 fully saturated rings. The van der Waals surface area contributed by atoms with Crippen molar-refractivity contribution in [3.8, 4) is 0 Å². The largest absolute Gasteiger partial charge is 0.383 e. The van der Waals surface area contributed by atoms with E-state index in [1.165, 1.54) is 0 Å². The van der Waals surface area contributed by atoms with Crippen LogP contribution in [0.5, 0.6) is 0 Å². The van der Waals surface area contributed by atoms with Crippen LogP contribution in [0.3, 0.4) is 0 Å². The van der Waals surface area contributed by atoms with Gasteiger partial charge in [-0.25, -0.2) is 0 Å². The van der Waals surface area contributed by atoms with Crippen molar-refractivity contribution in [3.05, 3.63) is 24.3 Å². The molecule has 3 nitrogen and oxygen atoms in total. The second kappa shape index (κ2) is 8.10. The van der Waals surface area contributed by atoms with Crippen LogP contribution in [0, 0.1) is 5.92 Å². The Morgan fingerprint density at radius 2 is 1.74 bits per heavy atom. The maximum absolute atomic E-state index is 11.4. The first kappa shape index (κ1) is 15.9. The number of carbonyl (C=O) groups excluding carboxylic acids is 1. The number of benzene rings is 1. The summed E-state index contributed by atoms with van der Waals surface area (Å²) in [4.78, 5) is 11.4. The summed E-state index contributed by atoms with van der Waals surface area (Å²) in [6.45, 7) is 6.62. The summed E-state index contributed by atoms with van der Waals surface area (Å²) in [7, 11) is 0. The highest BCUT2D eigenvalue weighted by atomic mass is 32.1. The van der Waals surface area contributed by atoms with Crippen LogP contribution < -0.4 is 10.6 Å². The standard InChI is InChI=1S/C15H24N2OS/c1-11(2)10-12(3)16-13-4-6-14(7-5-13)17-15(18)8-9-19/h4-7,11-12,16,19H,8-10H2,1-3H3,(H,17,18). The Balaban J connectivity index is 2.49. The Morgan fingerprint density at radius 3 is 2.26 bits per heavy atom. The first-order chi connectivity index (χ1) is 9.01. The van der Waals surface area contributed by atoms with E-state index in [1.54, 1.807) is 0 Å². The minimum Gasteiger partial charge on any atom is -0.383 e. The van der Waals surface area contributed by atoms with Crippen molar-refractivity contribution >= 4 is 29.9 Å². The van der Waals surface area contributed by atoms with Crippen LogP contribution in [0.1, 0.15) is 33.6 Å². The van der Waals surface area contributed by atoms with E-state index in [1.807, 2.05) is 24.3 Å². The molecule has 0 aromatic heterocycles. The van der Waals surface area contributed by atoms with Gasteiger partial charge in [-0.05, 0) is 49.3 Å². The van der Waals surface area contributed by atoms with Crippen molar-refractivity contribution in [1.29, 1.82) is 0 Å². The van der Waals surface area contributed by atoms with Gasteiger partial charge in [-0.15, -0.1) is 0 Å². The molecule has 4 heteroatoms. The smallest absolute Gasteiger partial charge is 0.225 e. The molecule has 19 heavy (non-hydrogen) atoms. The van der Waals surface area contributed by atoms with Crippen LogP contribution in [0.15, 0.2) is 24.3 Å². The number of hydrogen-bond donors (Lipinski definition) is 3. The molecule has 0 aliphatic heterocycles. The molecular weight excluding hydrogens is 256 g/mol. The van der Waals surface area contributed by atoms with Crippen molar-refractivity contribution in [1.82, 2.24) is 0 Å². The molecule has 0 radical (unpaired) electrons. The molecule has 1 aromatic carbocycles. The summed E-state index contributed by atoms with van der Waals surface area (Å²) in [5, 5.41) is 6.29. The Morgan fingerprint density at radius 1 is 1.16 bits per heavy atom. The quantitative estimate of drug-likeness (QED) is 0.665. The van der Waals surface area contributed by atoms with Crippen LogP contribution in [-0.2, 0) is 4.79 Å². The number of carbonyl (C=O) groups is 1. The van der Waals surface area contributed by atoms with Crippen molar-refractivity contribution in [2.75, 3.05) is 16.4 Å². The van der Waals surface area contributed by atoms with E-state index in [2.05, 4.69) is 44.0 Å². The lowest BCUT2D eigenvalue weighted by Crippen LogP contribution is -2.17. The summed E-state index contributed by atoms with van der Waals surface area (Å²) in [6.07, 6.45) is 1.58. The highest BCUT2D eigenvalue weighted by Gasteiger charge is 2.05. The third kappa shape index (κ3) is 6.53. The minimum absolute atomic E-state index is 0.00360. The lowest BCUT2D eigenvalue weighted by Gasteiger charge is -2.17. The number of thiol groups is 1. The minimum atomic E-state index is 0.00360. The summed E-state index contributed by atoms with van der Waals surface area (Å²) in [5.41, 5.74) is 1.91.